The zero-order valence-corrected chi connectivity index (χ0v) is 9.71. The Labute approximate surface area is 91.9 Å². The van der Waals surface area contributed by atoms with Crippen LogP contribution in [-0.4, -0.2) is 25.7 Å². The molecular formula is C12H21NO2. The summed E-state index contributed by atoms with van der Waals surface area (Å²) in [7, 11) is 1.55. The van der Waals surface area contributed by atoms with E-state index in [9.17, 15) is 4.79 Å². The van der Waals surface area contributed by atoms with Gasteiger partial charge in [0, 0.05) is 13.7 Å². The van der Waals surface area contributed by atoms with E-state index in [1.165, 1.54) is 31.3 Å². The minimum atomic E-state index is -0.342. The maximum atomic E-state index is 11.4. The molecule has 3 nitrogen and oxygen atoms in total. The largest absolute Gasteiger partial charge is 0.372 e. The number of carbonyl (C=O) groups excluding carboxylic acids is 1. The van der Waals surface area contributed by atoms with Crippen LogP contribution in [0.15, 0.2) is 11.6 Å². The number of nitrogens with one attached hydrogen (secondary N) is 1. The summed E-state index contributed by atoms with van der Waals surface area (Å²) in [5.41, 5.74) is 1.49. The van der Waals surface area contributed by atoms with Crippen molar-refractivity contribution in [2.45, 2.75) is 45.1 Å². The quantitative estimate of drug-likeness (QED) is 0.707. The van der Waals surface area contributed by atoms with Crippen LogP contribution in [0.2, 0.25) is 0 Å². The molecule has 0 bridgehead atoms. The number of allylic oxidation sites excluding steroid dienone is 1. The molecule has 0 radical (unpaired) electrons. The molecule has 0 aromatic heterocycles. The van der Waals surface area contributed by atoms with Crippen molar-refractivity contribution in [3.8, 4) is 0 Å². The molecule has 86 valence electrons. The van der Waals surface area contributed by atoms with Gasteiger partial charge in [0.15, 0.2) is 0 Å². The number of methoxy groups -OCH3 is 1. The van der Waals surface area contributed by atoms with E-state index in [1.54, 1.807) is 14.0 Å². The Bertz CT molecular complexity index is 236. The molecule has 15 heavy (non-hydrogen) atoms. The molecule has 0 fully saturated rings. The molecule has 1 aliphatic carbocycles. The van der Waals surface area contributed by atoms with Crippen LogP contribution in [0, 0.1) is 0 Å². The molecule has 1 atom stereocenters. The third-order valence-electron chi connectivity index (χ3n) is 2.85. The number of ether oxygens (including phenoxy) is 1. The van der Waals surface area contributed by atoms with E-state index < -0.39 is 0 Å². The third-order valence-corrected chi connectivity index (χ3v) is 2.85. The molecule has 1 rings (SSSR count). The first-order valence-electron chi connectivity index (χ1n) is 5.72. The second kappa shape index (κ2) is 6.62. The van der Waals surface area contributed by atoms with E-state index in [-0.39, 0.29) is 12.0 Å². The summed E-state index contributed by atoms with van der Waals surface area (Å²) in [6, 6.07) is 0. The maximum Gasteiger partial charge on any atom is 0.248 e. The van der Waals surface area contributed by atoms with Gasteiger partial charge >= 0.3 is 0 Å². The zero-order chi connectivity index (χ0) is 11.1. The number of rotatable bonds is 5. The van der Waals surface area contributed by atoms with Gasteiger partial charge in [-0.15, -0.1) is 0 Å². The molecule has 0 aliphatic heterocycles. The molecule has 1 aliphatic rings. The van der Waals surface area contributed by atoms with Crippen molar-refractivity contribution in [2.24, 2.45) is 0 Å². The molecule has 0 spiro atoms. The first-order valence-corrected chi connectivity index (χ1v) is 5.72. The van der Waals surface area contributed by atoms with Gasteiger partial charge < -0.3 is 10.1 Å². The molecule has 0 heterocycles. The van der Waals surface area contributed by atoms with Crippen LogP contribution < -0.4 is 5.32 Å². The number of carbonyl (C=O) groups is 1. The second-order valence-electron chi connectivity index (χ2n) is 4.03. The van der Waals surface area contributed by atoms with E-state index >= 15 is 0 Å². The highest BCUT2D eigenvalue weighted by Gasteiger charge is 2.10. The fourth-order valence-electron chi connectivity index (χ4n) is 1.73. The lowest BCUT2D eigenvalue weighted by Crippen LogP contribution is -2.34. The summed E-state index contributed by atoms with van der Waals surface area (Å²) < 4.78 is 4.93. The number of amides is 1. The topological polar surface area (TPSA) is 38.3 Å². The number of hydrogen-bond donors (Lipinski definition) is 1. The van der Waals surface area contributed by atoms with Gasteiger partial charge in [0.25, 0.3) is 0 Å². The molecule has 0 aromatic rings. The summed E-state index contributed by atoms with van der Waals surface area (Å²) in [6.45, 7) is 2.49. The minimum absolute atomic E-state index is 0.0195. The molecule has 0 saturated carbocycles. The highest BCUT2D eigenvalue weighted by atomic mass is 16.5. The third kappa shape index (κ3) is 4.47. The van der Waals surface area contributed by atoms with Gasteiger partial charge in [0.1, 0.15) is 6.10 Å². The van der Waals surface area contributed by atoms with E-state index in [0.717, 1.165) is 13.0 Å². The van der Waals surface area contributed by atoms with Crippen molar-refractivity contribution in [1.82, 2.24) is 5.32 Å². The highest BCUT2D eigenvalue weighted by molar-refractivity contribution is 5.80. The van der Waals surface area contributed by atoms with Gasteiger partial charge in [-0.25, -0.2) is 0 Å². The fraction of sp³-hybridized carbons (Fsp3) is 0.750. The Kier molecular flexibility index (Phi) is 5.40. The van der Waals surface area contributed by atoms with Crippen LogP contribution in [0.5, 0.6) is 0 Å². The van der Waals surface area contributed by atoms with Crippen LogP contribution in [0.25, 0.3) is 0 Å². The predicted molar refractivity (Wildman–Crippen MR) is 60.6 cm³/mol. The Morgan fingerprint density at radius 3 is 3.00 bits per heavy atom. The van der Waals surface area contributed by atoms with Crippen molar-refractivity contribution in [3.63, 3.8) is 0 Å². The number of hydrogen-bond acceptors (Lipinski definition) is 2. The summed E-state index contributed by atoms with van der Waals surface area (Å²) in [5, 5.41) is 2.88. The Balaban J connectivity index is 2.15. The highest BCUT2D eigenvalue weighted by Crippen LogP contribution is 2.19. The summed E-state index contributed by atoms with van der Waals surface area (Å²) >= 11 is 0. The van der Waals surface area contributed by atoms with Crippen molar-refractivity contribution < 1.29 is 9.53 Å². The summed E-state index contributed by atoms with van der Waals surface area (Å²) in [4.78, 5) is 11.4. The molecule has 1 unspecified atom stereocenters. The lowest BCUT2D eigenvalue weighted by atomic mass is 9.97. The Morgan fingerprint density at radius 2 is 2.40 bits per heavy atom. The smallest absolute Gasteiger partial charge is 0.248 e. The SMILES string of the molecule is COC(C)C(=O)NCCC1=CCCCC1. The normalized spacial score (nSPS) is 18.1. The van der Waals surface area contributed by atoms with Crippen LogP contribution in [0.1, 0.15) is 39.0 Å². The van der Waals surface area contributed by atoms with Crippen LogP contribution in [0.3, 0.4) is 0 Å². The molecule has 3 heteroatoms. The first kappa shape index (κ1) is 12.2. The van der Waals surface area contributed by atoms with Gasteiger partial charge in [0.05, 0.1) is 0 Å². The van der Waals surface area contributed by atoms with Crippen LogP contribution >= 0.6 is 0 Å². The van der Waals surface area contributed by atoms with E-state index in [1.807, 2.05) is 0 Å². The molecule has 1 N–H and O–H groups in total. The molecule has 0 aromatic carbocycles. The first-order chi connectivity index (χ1) is 7.24. The van der Waals surface area contributed by atoms with Crippen LogP contribution in [-0.2, 0) is 9.53 Å². The van der Waals surface area contributed by atoms with Crippen molar-refractivity contribution in [2.75, 3.05) is 13.7 Å². The standard InChI is InChI=1S/C12H21NO2/c1-10(15-2)12(14)13-9-8-11-6-4-3-5-7-11/h6,10H,3-5,7-9H2,1-2H3,(H,13,14). The fourth-order valence-corrected chi connectivity index (χ4v) is 1.73. The van der Waals surface area contributed by atoms with E-state index in [2.05, 4.69) is 11.4 Å². The molecule has 1 amide bonds. The van der Waals surface area contributed by atoms with Crippen LogP contribution in [0.4, 0.5) is 0 Å². The zero-order valence-electron chi connectivity index (χ0n) is 9.71. The lowest BCUT2D eigenvalue weighted by molar-refractivity contribution is -0.129. The minimum Gasteiger partial charge on any atom is -0.372 e. The van der Waals surface area contributed by atoms with E-state index in [4.69, 9.17) is 4.74 Å². The van der Waals surface area contributed by atoms with Gasteiger partial charge in [-0.2, -0.15) is 0 Å². The molecule has 0 saturated heterocycles. The monoisotopic (exact) mass is 211 g/mol. The van der Waals surface area contributed by atoms with Gasteiger partial charge in [-0.05, 0) is 39.0 Å². The Morgan fingerprint density at radius 1 is 1.60 bits per heavy atom. The van der Waals surface area contributed by atoms with Crippen molar-refractivity contribution in [3.05, 3.63) is 11.6 Å². The second-order valence-corrected chi connectivity index (χ2v) is 4.03. The average Bonchev–Trinajstić information content (AvgIpc) is 2.29. The van der Waals surface area contributed by atoms with Crippen molar-refractivity contribution >= 4 is 5.91 Å². The Hall–Kier alpha value is -0.830. The molecular weight excluding hydrogens is 190 g/mol. The summed E-state index contributed by atoms with van der Waals surface area (Å²) in [5.74, 6) is -0.0195. The maximum absolute atomic E-state index is 11.4. The van der Waals surface area contributed by atoms with Gasteiger partial charge in [-0.1, -0.05) is 11.6 Å². The lowest BCUT2D eigenvalue weighted by Gasteiger charge is -2.14. The van der Waals surface area contributed by atoms with E-state index in [0.29, 0.717) is 0 Å². The predicted octanol–water partition coefficient (Wildman–Crippen LogP) is 2.03. The van der Waals surface area contributed by atoms with Gasteiger partial charge in [-0.3, -0.25) is 4.79 Å². The van der Waals surface area contributed by atoms with Crippen molar-refractivity contribution in [1.29, 1.82) is 0 Å². The summed E-state index contributed by atoms with van der Waals surface area (Å²) in [6.07, 6.45) is 7.99. The average molecular weight is 211 g/mol. The van der Waals surface area contributed by atoms with Gasteiger partial charge in [0.2, 0.25) is 5.91 Å².